The summed E-state index contributed by atoms with van der Waals surface area (Å²) in [6.45, 7) is 0. The molecule has 0 aliphatic carbocycles. The lowest BCUT2D eigenvalue weighted by molar-refractivity contribution is 0.514. The molecule has 0 saturated heterocycles. The number of H-pyrrole nitrogens is 2. The van der Waals surface area contributed by atoms with E-state index in [9.17, 15) is 8.78 Å². The van der Waals surface area contributed by atoms with Crippen molar-refractivity contribution in [3.05, 3.63) is 48.6 Å². The van der Waals surface area contributed by atoms with Crippen molar-refractivity contribution in [2.45, 2.75) is 0 Å². The first-order valence-corrected chi connectivity index (χ1v) is 5.23. The standard InChI is InChI=1S/C12H8F2N4/c13-11-9(7-3-15-16-4-7)1-2-10(12(11)14)8-5-17-18-6-8/h1-6H,(H,15,16)(H,17,18). The Morgan fingerprint density at radius 2 is 1.22 bits per heavy atom. The molecule has 0 spiro atoms. The Balaban J connectivity index is 2.15. The average molecular weight is 246 g/mol. The predicted molar refractivity (Wildman–Crippen MR) is 61.5 cm³/mol. The van der Waals surface area contributed by atoms with Crippen LogP contribution in [0.5, 0.6) is 0 Å². The second-order valence-corrected chi connectivity index (χ2v) is 3.76. The molecule has 0 radical (unpaired) electrons. The molecule has 0 unspecified atom stereocenters. The average Bonchev–Trinajstić information content (AvgIpc) is 3.03. The Hall–Kier alpha value is -2.50. The van der Waals surface area contributed by atoms with Crippen molar-refractivity contribution in [3.63, 3.8) is 0 Å². The summed E-state index contributed by atoms with van der Waals surface area (Å²) in [6, 6.07) is 3.04. The maximum atomic E-state index is 14.0. The van der Waals surface area contributed by atoms with Crippen LogP contribution in [0.25, 0.3) is 22.3 Å². The first-order valence-electron chi connectivity index (χ1n) is 5.23. The summed E-state index contributed by atoms with van der Waals surface area (Å²) in [5.74, 6) is -1.79. The predicted octanol–water partition coefficient (Wildman–Crippen LogP) is 2.75. The van der Waals surface area contributed by atoms with Crippen LogP contribution in [0.1, 0.15) is 0 Å². The molecule has 4 nitrogen and oxygen atoms in total. The summed E-state index contributed by atoms with van der Waals surface area (Å²) < 4.78 is 27.9. The van der Waals surface area contributed by atoms with Crippen LogP contribution in [-0.4, -0.2) is 20.4 Å². The van der Waals surface area contributed by atoms with Crippen molar-refractivity contribution in [2.24, 2.45) is 0 Å². The van der Waals surface area contributed by atoms with Crippen molar-refractivity contribution in [1.29, 1.82) is 0 Å². The number of aromatic nitrogens is 4. The van der Waals surface area contributed by atoms with Crippen molar-refractivity contribution < 1.29 is 8.78 Å². The monoisotopic (exact) mass is 246 g/mol. The maximum absolute atomic E-state index is 14.0. The van der Waals surface area contributed by atoms with Crippen molar-refractivity contribution in [2.75, 3.05) is 0 Å². The van der Waals surface area contributed by atoms with E-state index >= 15 is 0 Å². The summed E-state index contributed by atoms with van der Waals surface area (Å²) in [5.41, 5.74) is 1.36. The van der Waals surface area contributed by atoms with Gasteiger partial charge in [-0.1, -0.05) is 12.1 Å². The smallest absolute Gasteiger partial charge is 0.167 e. The lowest BCUT2D eigenvalue weighted by Crippen LogP contribution is -1.92. The molecular weight excluding hydrogens is 238 g/mol. The molecule has 18 heavy (non-hydrogen) atoms. The summed E-state index contributed by atoms with van der Waals surface area (Å²) >= 11 is 0. The fourth-order valence-corrected chi connectivity index (χ4v) is 1.79. The Bertz CT molecular complexity index is 600. The van der Waals surface area contributed by atoms with E-state index in [1.807, 2.05) is 0 Å². The summed E-state index contributed by atoms with van der Waals surface area (Å²) in [4.78, 5) is 0. The lowest BCUT2D eigenvalue weighted by atomic mass is 10.0. The van der Waals surface area contributed by atoms with E-state index in [4.69, 9.17) is 0 Å². The van der Waals surface area contributed by atoms with Gasteiger partial charge in [0.25, 0.3) is 0 Å². The van der Waals surface area contributed by atoms with E-state index in [-0.39, 0.29) is 11.1 Å². The number of benzene rings is 1. The van der Waals surface area contributed by atoms with Gasteiger partial charge in [-0.25, -0.2) is 8.78 Å². The van der Waals surface area contributed by atoms with Crippen molar-refractivity contribution in [3.8, 4) is 22.3 Å². The third-order valence-corrected chi connectivity index (χ3v) is 2.70. The zero-order chi connectivity index (χ0) is 12.5. The minimum absolute atomic E-state index is 0.175. The van der Waals surface area contributed by atoms with Gasteiger partial charge in [-0.2, -0.15) is 10.2 Å². The highest BCUT2D eigenvalue weighted by Gasteiger charge is 2.16. The fraction of sp³-hybridized carbons (Fsp3) is 0. The third kappa shape index (κ3) is 1.58. The number of nitrogens with one attached hydrogen (secondary N) is 2. The third-order valence-electron chi connectivity index (χ3n) is 2.70. The number of rotatable bonds is 2. The van der Waals surface area contributed by atoms with E-state index in [1.165, 1.54) is 36.9 Å². The summed E-state index contributed by atoms with van der Waals surface area (Å²) in [5, 5.41) is 12.6. The largest absolute Gasteiger partial charge is 0.285 e. The Labute approximate surface area is 101 Å². The van der Waals surface area contributed by atoms with Crippen molar-refractivity contribution >= 4 is 0 Å². The molecule has 1 aromatic carbocycles. The minimum atomic E-state index is -0.893. The van der Waals surface area contributed by atoms with Crippen LogP contribution in [-0.2, 0) is 0 Å². The zero-order valence-electron chi connectivity index (χ0n) is 9.11. The van der Waals surface area contributed by atoms with Gasteiger partial charge in [0.2, 0.25) is 0 Å². The van der Waals surface area contributed by atoms with E-state index in [0.717, 1.165) is 0 Å². The van der Waals surface area contributed by atoms with Crippen LogP contribution in [0.15, 0.2) is 36.9 Å². The van der Waals surface area contributed by atoms with Gasteiger partial charge < -0.3 is 0 Å². The van der Waals surface area contributed by atoms with E-state index in [0.29, 0.717) is 11.1 Å². The number of hydrogen-bond donors (Lipinski definition) is 2. The maximum Gasteiger partial charge on any atom is 0.167 e. The van der Waals surface area contributed by atoms with E-state index in [2.05, 4.69) is 20.4 Å². The Kier molecular flexibility index (Phi) is 2.40. The van der Waals surface area contributed by atoms with Crippen LogP contribution in [0.4, 0.5) is 8.78 Å². The first kappa shape index (κ1) is 10.6. The van der Waals surface area contributed by atoms with E-state index in [1.54, 1.807) is 0 Å². The van der Waals surface area contributed by atoms with Crippen LogP contribution in [0, 0.1) is 11.6 Å². The van der Waals surface area contributed by atoms with Gasteiger partial charge in [0.1, 0.15) is 0 Å². The molecule has 0 bridgehead atoms. The molecule has 0 saturated carbocycles. The van der Waals surface area contributed by atoms with Gasteiger partial charge in [0.05, 0.1) is 12.4 Å². The van der Waals surface area contributed by atoms with Crippen LogP contribution in [0.2, 0.25) is 0 Å². The number of nitrogens with zero attached hydrogens (tertiary/aromatic N) is 2. The molecule has 0 atom stereocenters. The molecule has 3 rings (SSSR count). The van der Waals surface area contributed by atoms with Crippen LogP contribution in [0.3, 0.4) is 0 Å². The van der Waals surface area contributed by atoms with Gasteiger partial charge in [0.15, 0.2) is 11.6 Å². The molecular formula is C12H8F2N4. The molecule has 2 aromatic heterocycles. The normalized spacial score (nSPS) is 10.8. The zero-order valence-corrected chi connectivity index (χ0v) is 9.11. The van der Waals surface area contributed by atoms with Gasteiger partial charge in [-0.15, -0.1) is 0 Å². The van der Waals surface area contributed by atoms with Gasteiger partial charge >= 0.3 is 0 Å². The molecule has 0 aliphatic rings. The molecule has 2 N–H and O–H groups in total. The second kappa shape index (κ2) is 4.06. The second-order valence-electron chi connectivity index (χ2n) is 3.76. The molecule has 6 heteroatoms. The Morgan fingerprint density at radius 1 is 0.778 bits per heavy atom. The molecule has 0 fully saturated rings. The van der Waals surface area contributed by atoms with Crippen LogP contribution >= 0.6 is 0 Å². The fourth-order valence-electron chi connectivity index (χ4n) is 1.79. The highest BCUT2D eigenvalue weighted by Crippen LogP contribution is 2.30. The molecule has 0 amide bonds. The van der Waals surface area contributed by atoms with E-state index < -0.39 is 11.6 Å². The summed E-state index contributed by atoms with van der Waals surface area (Å²) in [6.07, 6.45) is 5.90. The number of hydrogen-bond acceptors (Lipinski definition) is 2. The molecule has 2 heterocycles. The minimum Gasteiger partial charge on any atom is -0.285 e. The van der Waals surface area contributed by atoms with Gasteiger partial charge in [0, 0.05) is 34.6 Å². The quantitative estimate of drug-likeness (QED) is 0.730. The molecule has 90 valence electrons. The van der Waals surface area contributed by atoms with Gasteiger partial charge in [-0.05, 0) is 0 Å². The molecule has 0 aliphatic heterocycles. The first-order chi connectivity index (χ1) is 8.77. The highest BCUT2D eigenvalue weighted by atomic mass is 19.2. The Morgan fingerprint density at radius 3 is 1.56 bits per heavy atom. The SMILES string of the molecule is Fc1c(-c2cn[nH]c2)ccc(-c2cn[nH]c2)c1F. The molecule has 3 aromatic rings. The van der Waals surface area contributed by atoms with Gasteiger partial charge in [-0.3, -0.25) is 10.2 Å². The lowest BCUT2D eigenvalue weighted by Gasteiger charge is -2.05. The topological polar surface area (TPSA) is 57.4 Å². The summed E-state index contributed by atoms with van der Waals surface area (Å²) in [7, 11) is 0. The highest BCUT2D eigenvalue weighted by molar-refractivity contribution is 5.70. The number of aromatic amines is 2. The van der Waals surface area contributed by atoms with Crippen molar-refractivity contribution in [1.82, 2.24) is 20.4 Å². The van der Waals surface area contributed by atoms with Crippen LogP contribution < -0.4 is 0 Å². The number of halogens is 2.